The first kappa shape index (κ1) is 8.06. The standard InChI is InChI=1S/C5H6N2O3S/c6-3(7)5(11)1-2(8)10-4(5)9/h11H,1H2,(H3,6,7). The van der Waals surface area contributed by atoms with Gasteiger partial charge in [0, 0.05) is 0 Å². The first-order chi connectivity index (χ1) is 4.97. The first-order valence-corrected chi connectivity index (χ1v) is 3.23. The molecule has 0 radical (unpaired) electrons. The van der Waals surface area contributed by atoms with Crippen molar-refractivity contribution >= 4 is 30.4 Å². The van der Waals surface area contributed by atoms with Crippen LogP contribution < -0.4 is 5.73 Å². The van der Waals surface area contributed by atoms with Crippen molar-refractivity contribution in [3.63, 3.8) is 0 Å². The van der Waals surface area contributed by atoms with Crippen molar-refractivity contribution < 1.29 is 14.3 Å². The maximum atomic E-state index is 10.8. The van der Waals surface area contributed by atoms with Crippen molar-refractivity contribution in [3.05, 3.63) is 0 Å². The molecule has 0 aliphatic carbocycles. The summed E-state index contributed by atoms with van der Waals surface area (Å²) in [7, 11) is 0. The number of cyclic esters (lactones) is 2. The van der Waals surface area contributed by atoms with E-state index in [1.165, 1.54) is 0 Å². The summed E-state index contributed by atoms with van der Waals surface area (Å²) in [6.07, 6.45) is -0.260. The van der Waals surface area contributed by atoms with Gasteiger partial charge >= 0.3 is 11.9 Å². The van der Waals surface area contributed by atoms with Crippen LogP contribution in [0.25, 0.3) is 0 Å². The van der Waals surface area contributed by atoms with Crippen molar-refractivity contribution in [2.75, 3.05) is 0 Å². The molecule has 5 nitrogen and oxygen atoms in total. The van der Waals surface area contributed by atoms with Gasteiger partial charge < -0.3 is 10.5 Å². The summed E-state index contributed by atoms with van der Waals surface area (Å²) >= 11 is 3.79. The fourth-order valence-electron chi connectivity index (χ4n) is 0.710. The molecule has 3 N–H and O–H groups in total. The van der Waals surface area contributed by atoms with Gasteiger partial charge in [0.2, 0.25) is 0 Å². The van der Waals surface area contributed by atoms with E-state index < -0.39 is 22.5 Å². The molecular formula is C5H6N2O3S. The predicted octanol–water partition coefficient (Wildman–Crippen LogP) is -0.936. The summed E-state index contributed by atoms with van der Waals surface area (Å²) in [5.74, 6) is -2.02. The Balaban J connectivity index is 2.96. The quantitative estimate of drug-likeness (QED) is 0.157. The third kappa shape index (κ3) is 1.09. The summed E-state index contributed by atoms with van der Waals surface area (Å²) in [6, 6.07) is 0. The van der Waals surface area contributed by atoms with E-state index in [1.807, 2.05) is 0 Å². The van der Waals surface area contributed by atoms with Crippen molar-refractivity contribution in [2.24, 2.45) is 5.73 Å². The number of esters is 2. The highest BCUT2D eigenvalue weighted by molar-refractivity contribution is 7.83. The van der Waals surface area contributed by atoms with Crippen LogP contribution in [-0.2, 0) is 14.3 Å². The zero-order valence-corrected chi connectivity index (χ0v) is 6.35. The third-order valence-electron chi connectivity index (χ3n) is 1.39. The molecule has 6 heteroatoms. The second-order valence-corrected chi connectivity index (χ2v) is 2.98. The van der Waals surface area contributed by atoms with Crippen molar-refractivity contribution in [1.82, 2.24) is 0 Å². The van der Waals surface area contributed by atoms with E-state index in [4.69, 9.17) is 11.1 Å². The number of hydrogen-bond donors (Lipinski definition) is 3. The lowest BCUT2D eigenvalue weighted by molar-refractivity contribution is -0.152. The molecule has 0 aromatic rings. The topological polar surface area (TPSA) is 93.2 Å². The second-order valence-electron chi connectivity index (χ2n) is 2.21. The minimum atomic E-state index is -1.53. The normalized spacial score (nSPS) is 30.3. The van der Waals surface area contributed by atoms with Gasteiger partial charge in [0.05, 0.1) is 6.42 Å². The average molecular weight is 174 g/mol. The number of nitrogens with two attached hydrogens (primary N) is 1. The van der Waals surface area contributed by atoms with Crippen molar-refractivity contribution in [3.8, 4) is 0 Å². The summed E-state index contributed by atoms with van der Waals surface area (Å²) in [5.41, 5.74) is 5.04. The summed E-state index contributed by atoms with van der Waals surface area (Å²) in [5, 5.41) is 6.96. The molecule has 1 aliphatic rings. The molecule has 0 bridgehead atoms. The zero-order chi connectivity index (χ0) is 8.65. The molecule has 1 unspecified atom stereocenters. The molecule has 1 saturated heterocycles. The number of carbonyl (C=O) groups excluding carboxylic acids is 2. The molecule has 60 valence electrons. The monoisotopic (exact) mass is 174 g/mol. The highest BCUT2D eigenvalue weighted by Crippen LogP contribution is 2.27. The molecule has 1 aliphatic heterocycles. The lowest BCUT2D eigenvalue weighted by Gasteiger charge is -2.12. The highest BCUT2D eigenvalue weighted by atomic mass is 32.1. The van der Waals surface area contributed by atoms with E-state index in [9.17, 15) is 9.59 Å². The Hall–Kier alpha value is -1.04. The molecule has 1 rings (SSSR count). The smallest absolute Gasteiger partial charge is 0.337 e. The largest absolute Gasteiger partial charge is 0.392 e. The lowest BCUT2D eigenvalue weighted by atomic mass is 10.1. The molecular weight excluding hydrogens is 168 g/mol. The average Bonchev–Trinajstić information content (AvgIpc) is 2.08. The highest BCUT2D eigenvalue weighted by Gasteiger charge is 2.49. The molecule has 0 aromatic heterocycles. The minimum absolute atomic E-state index is 0.260. The van der Waals surface area contributed by atoms with E-state index in [0.717, 1.165) is 0 Å². The van der Waals surface area contributed by atoms with Gasteiger partial charge in [-0.2, -0.15) is 12.6 Å². The Kier molecular flexibility index (Phi) is 1.63. The number of carbonyl (C=O) groups is 2. The molecule has 11 heavy (non-hydrogen) atoms. The number of nitrogens with one attached hydrogen (secondary N) is 1. The molecule has 0 spiro atoms. The van der Waals surface area contributed by atoms with Crippen LogP contribution in [0.5, 0.6) is 0 Å². The van der Waals surface area contributed by atoms with Crippen LogP contribution in [0, 0.1) is 5.41 Å². The minimum Gasteiger partial charge on any atom is -0.392 e. The molecule has 0 amide bonds. The van der Waals surface area contributed by atoms with Crippen LogP contribution in [0.2, 0.25) is 0 Å². The van der Waals surface area contributed by atoms with Crippen LogP contribution in [0.3, 0.4) is 0 Å². The van der Waals surface area contributed by atoms with Crippen LogP contribution in [0.1, 0.15) is 6.42 Å². The van der Waals surface area contributed by atoms with Gasteiger partial charge in [-0.05, 0) is 0 Å². The first-order valence-electron chi connectivity index (χ1n) is 2.79. The predicted molar refractivity (Wildman–Crippen MR) is 39.3 cm³/mol. The molecule has 0 aromatic carbocycles. The number of rotatable bonds is 1. The van der Waals surface area contributed by atoms with Gasteiger partial charge in [-0.3, -0.25) is 10.2 Å². The Morgan fingerprint density at radius 2 is 2.27 bits per heavy atom. The van der Waals surface area contributed by atoms with Gasteiger partial charge in [0.15, 0.2) is 4.75 Å². The summed E-state index contributed by atoms with van der Waals surface area (Å²) in [4.78, 5) is 21.3. The Morgan fingerprint density at radius 3 is 2.45 bits per heavy atom. The van der Waals surface area contributed by atoms with Crippen molar-refractivity contribution in [1.29, 1.82) is 5.41 Å². The zero-order valence-electron chi connectivity index (χ0n) is 5.46. The third-order valence-corrected chi connectivity index (χ3v) is 1.97. The van der Waals surface area contributed by atoms with Crippen LogP contribution in [-0.4, -0.2) is 22.5 Å². The fourth-order valence-corrected chi connectivity index (χ4v) is 0.885. The Labute approximate surface area is 67.8 Å². The Bertz CT molecular complexity index is 252. The van der Waals surface area contributed by atoms with E-state index in [-0.39, 0.29) is 6.42 Å². The van der Waals surface area contributed by atoms with Crippen molar-refractivity contribution in [2.45, 2.75) is 11.2 Å². The van der Waals surface area contributed by atoms with Crippen LogP contribution >= 0.6 is 12.6 Å². The number of hydrogen-bond acceptors (Lipinski definition) is 5. The lowest BCUT2D eigenvalue weighted by Crippen LogP contribution is -2.42. The maximum Gasteiger partial charge on any atom is 0.337 e. The van der Waals surface area contributed by atoms with E-state index in [1.54, 1.807) is 0 Å². The maximum absolute atomic E-state index is 10.8. The summed E-state index contributed by atoms with van der Waals surface area (Å²) < 4.78 is 2.63. The van der Waals surface area contributed by atoms with Crippen LogP contribution in [0.15, 0.2) is 0 Å². The van der Waals surface area contributed by atoms with E-state index >= 15 is 0 Å². The molecule has 0 saturated carbocycles. The van der Waals surface area contributed by atoms with E-state index in [2.05, 4.69) is 17.4 Å². The molecule has 1 heterocycles. The number of ether oxygens (including phenoxy) is 1. The number of amidine groups is 1. The van der Waals surface area contributed by atoms with Crippen LogP contribution in [0.4, 0.5) is 0 Å². The fraction of sp³-hybridized carbons (Fsp3) is 0.400. The Morgan fingerprint density at radius 1 is 1.73 bits per heavy atom. The summed E-state index contributed by atoms with van der Waals surface area (Å²) in [6.45, 7) is 0. The second kappa shape index (κ2) is 2.23. The molecule has 1 atom stereocenters. The van der Waals surface area contributed by atoms with Gasteiger partial charge in [0.1, 0.15) is 5.84 Å². The molecule has 1 fully saturated rings. The van der Waals surface area contributed by atoms with E-state index in [0.29, 0.717) is 0 Å². The van der Waals surface area contributed by atoms with Gasteiger partial charge in [-0.15, -0.1) is 0 Å². The van der Waals surface area contributed by atoms with Gasteiger partial charge in [-0.1, -0.05) is 0 Å². The SMILES string of the molecule is N=C(N)C1(S)CC(=O)OC1=O. The van der Waals surface area contributed by atoms with Gasteiger partial charge in [0.25, 0.3) is 0 Å². The van der Waals surface area contributed by atoms with Gasteiger partial charge in [-0.25, -0.2) is 4.79 Å². The number of thiol groups is 1.